The van der Waals surface area contributed by atoms with Gasteiger partial charge in [-0.1, -0.05) is 0 Å². The van der Waals surface area contributed by atoms with Gasteiger partial charge in [0.25, 0.3) is 10.7 Å². The molecule has 0 aliphatic carbocycles. The molecule has 1 aromatic heterocycles. The molecule has 9 heteroatoms. The maximum absolute atomic E-state index is 11.6. The van der Waals surface area contributed by atoms with Crippen LogP contribution in [0.25, 0.3) is 0 Å². The third-order valence-corrected chi connectivity index (χ3v) is 4.96. The predicted octanol–water partition coefficient (Wildman–Crippen LogP) is 1.22. The fraction of sp³-hybridized carbons (Fsp3) is 0.500. The van der Waals surface area contributed by atoms with Crippen LogP contribution >= 0.6 is 12.2 Å². The van der Waals surface area contributed by atoms with Crippen LogP contribution in [-0.4, -0.2) is 43.1 Å². The van der Waals surface area contributed by atoms with Crippen LogP contribution in [0, 0.1) is 10.8 Å². The lowest BCUT2D eigenvalue weighted by Gasteiger charge is -2.27. The zero-order chi connectivity index (χ0) is 19.2. The first-order chi connectivity index (χ1) is 13.1. The average molecular weight is 394 g/mol. The summed E-state index contributed by atoms with van der Waals surface area (Å²) in [6.45, 7) is 2.54. The Labute approximate surface area is 162 Å². The Bertz CT molecular complexity index is 809. The summed E-state index contributed by atoms with van der Waals surface area (Å²) in [6, 6.07) is 7.29. The number of methoxy groups -OCH3 is 2. The van der Waals surface area contributed by atoms with E-state index in [4.69, 9.17) is 30.8 Å². The van der Waals surface area contributed by atoms with Gasteiger partial charge in [-0.2, -0.15) is 4.68 Å². The van der Waals surface area contributed by atoms with E-state index >= 15 is 0 Å². The van der Waals surface area contributed by atoms with Crippen molar-refractivity contribution in [3.05, 3.63) is 35.0 Å². The molecule has 27 heavy (non-hydrogen) atoms. The molecule has 1 fully saturated rings. The fourth-order valence-electron chi connectivity index (χ4n) is 3.12. The number of esters is 1. The zero-order valence-corrected chi connectivity index (χ0v) is 16.3. The predicted molar refractivity (Wildman–Crippen MR) is 98.1 cm³/mol. The van der Waals surface area contributed by atoms with Crippen LogP contribution < -0.4 is 14.4 Å². The van der Waals surface area contributed by atoms with Gasteiger partial charge < -0.3 is 23.5 Å². The van der Waals surface area contributed by atoms with Gasteiger partial charge in [-0.15, -0.1) is 5.10 Å². The lowest BCUT2D eigenvalue weighted by Crippen LogP contribution is -3.12. The molecule has 1 saturated heterocycles. The second-order valence-electron chi connectivity index (χ2n) is 6.43. The van der Waals surface area contributed by atoms with Gasteiger partial charge in [0.1, 0.15) is 11.5 Å². The number of hydrogen-bond donors (Lipinski definition) is 1. The molecule has 8 nitrogen and oxygen atoms in total. The lowest BCUT2D eigenvalue weighted by atomic mass is 9.97. The van der Waals surface area contributed by atoms with Crippen molar-refractivity contribution in [1.82, 2.24) is 9.78 Å². The number of piperidine rings is 1. The largest absolute Gasteiger partial charge is 0.497 e. The maximum atomic E-state index is 11.6. The fourth-order valence-corrected chi connectivity index (χ4v) is 3.32. The van der Waals surface area contributed by atoms with Gasteiger partial charge >= 0.3 is 5.97 Å². The van der Waals surface area contributed by atoms with Crippen LogP contribution in [0.15, 0.2) is 28.7 Å². The van der Waals surface area contributed by atoms with E-state index in [-0.39, 0.29) is 18.5 Å². The Morgan fingerprint density at radius 2 is 1.93 bits per heavy atom. The SMILES string of the molecule is COC(=O)C1CC[NH+](Cn2nc(COc3ccc(OC)cc3)oc2=S)CC1. The molecule has 0 spiro atoms. The van der Waals surface area contributed by atoms with Gasteiger partial charge in [-0.05, 0) is 36.5 Å². The first kappa shape index (κ1) is 19.4. The van der Waals surface area contributed by atoms with Gasteiger partial charge in [-0.25, -0.2) is 0 Å². The third-order valence-electron chi connectivity index (χ3n) is 4.67. The lowest BCUT2D eigenvalue weighted by molar-refractivity contribution is -0.929. The molecule has 0 bridgehead atoms. The highest BCUT2D eigenvalue weighted by Crippen LogP contribution is 2.18. The molecular weight excluding hydrogens is 370 g/mol. The number of benzene rings is 1. The molecule has 0 unspecified atom stereocenters. The number of nitrogens with one attached hydrogen (secondary N) is 1. The van der Waals surface area contributed by atoms with Crippen molar-refractivity contribution < 1.29 is 28.3 Å². The highest BCUT2D eigenvalue weighted by molar-refractivity contribution is 7.71. The number of nitrogens with zero attached hydrogens (tertiary/aromatic N) is 2. The van der Waals surface area contributed by atoms with E-state index in [0.717, 1.165) is 31.7 Å². The summed E-state index contributed by atoms with van der Waals surface area (Å²) in [5.41, 5.74) is 0. The summed E-state index contributed by atoms with van der Waals surface area (Å²) < 4.78 is 22.8. The third kappa shape index (κ3) is 5.08. The minimum atomic E-state index is -0.120. The standard InChI is InChI=1S/C18H23N3O5S/c1-23-14-3-5-15(6-4-14)25-11-16-19-21(18(27)26-16)12-20-9-7-13(8-10-20)17(22)24-2/h3-6,13H,7-12H2,1-2H3/p+1. The first-order valence-electron chi connectivity index (χ1n) is 8.84. The van der Waals surface area contributed by atoms with Crippen molar-refractivity contribution >= 4 is 18.2 Å². The first-order valence-corrected chi connectivity index (χ1v) is 9.25. The second kappa shape index (κ2) is 9.01. The van der Waals surface area contributed by atoms with Crippen molar-refractivity contribution in [1.29, 1.82) is 0 Å². The molecule has 1 N–H and O–H groups in total. The molecule has 146 valence electrons. The Morgan fingerprint density at radius 3 is 2.56 bits per heavy atom. The molecule has 1 aromatic carbocycles. The van der Waals surface area contributed by atoms with Gasteiger partial charge in [0.2, 0.25) is 0 Å². The Hall–Kier alpha value is -2.39. The minimum Gasteiger partial charge on any atom is -0.497 e. The van der Waals surface area contributed by atoms with E-state index in [0.29, 0.717) is 23.1 Å². The smallest absolute Gasteiger partial charge is 0.309 e. The van der Waals surface area contributed by atoms with E-state index in [1.807, 2.05) is 24.3 Å². The van der Waals surface area contributed by atoms with Gasteiger partial charge in [0, 0.05) is 12.8 Å². The van der Waals surface area contributed by atoms with Crippen molar-refractivity contribution in [2.24, 2.45) is 5.92 Å². The van der Waals surface area contributed by atoms with Gasteiger partial charge in [0.15, 0.2) is 13.3 Å². The van der Waals surface area contributed by atoms with Crippen molar-refractivity contribution in [2.75, 3.05) is 27.3 Å². The second-order valence-corrected chi connectivity index (χ2v) is 6.78. The molecule has 0 saturated carbocycles. The number of carbonyl (C=O) groups excluding carboxylic acids is 1. The summed E-state index contributed by atoms with van der Waals surface area (Å²) in [6.07, 6.45) is 1.61. The highest BCUT2D eigenvalue weighted by atomic mass is 32.1. The van der Waals surface area contributed by atoms with E-state index in [2.05, 4.69) is 5.10 Å². The summed E-state index contributed by atoms with van der Waals surface area (Å²) >= 11 is 5.26. The molecule has 0 amide bonds. The van der Waals surface area contributed by atoms with E-state index < -0.39 is 0 Å². The normalized spacial score (nSPS) is 19.5. The van der Waals surface area contributed by atoms with E-state index in [9.17, 15) is 4.79 Å². The number of quaternary nitrogens is 1. The molecule has 2 aromatic rings. The number of rotatable bonds is 7. The molecule has 3 rings (SSSR count). The van der Waals surface area contributed by atoms with E-state index in [1.165, 1.54) is 12.0 Å². The van der Waals surface area contributed by atoms with Crippen molar-refractivity contribution in [3.8, 4) is 11.5 Å². The van der Waals surface area contributed by atoms with E-state index in [1.54, 1.807) is 11.8 Å². The van der Waals surface area contributed by atoms with Crippen LogP contribution in [-0.2, 0) is 22.8 Å². The molecule has 1 aliphatic rings. The van der Waals surface area contributed by atoms with Crippen LogP contribution in [0.4, 0.5) is 0 Å². The van der Waals surface area contributed by atoms with Gasteiger partial charge in [0.05, 0.1) is 33.2 Å². The van der Waals surface area contributed by atoms with Crippen LogP contribution in [0.3, 0.4) is 0 Å². The summed E-state index contributed by atoms with van der Waals surface area (Å²) in [5, 5.41) is 4.41. The molecular formula is C18H24N3O5S+. The van der Waals surface area contributed by atoms with Crippen molar-refractivity contribution in [3.63, 3.8) is 0 Å². The minimum absolute atomic E-state index is 0.00233. The summed E-state index contributed by atoms with van der Waals surface area (Å²) in [4.78, 5) is 13.2. The Morgan fingerprint density at radius 1 is 1.26 bits per heavy atom. The Kier molecular flexibility index (Phi) is 6.46. The topological polar surface area (TPSA) is 80.2 Å². The molecule has 0 radical (unpaired) electrons. The van der Waals surface area contributed by atoms with Crippen LogP contribution in [0.5, 0.6) is 11.5 Å². The number of likely N-dealkylation sites (tertiary alicyclic amines) is 1. The quantitative estimate of drug-likeness (QED) is 0.559. The summed E-state index contributed by atoms with van der Waals surface area (Å²) in [5.74, 6) is 1.77. The summed E-state index contributed by atoms with van der Waals surface area (Å²) in [7, 11) is 3.05. The number of hydrogen-bond acceptors (Lipinski definition) is 7. The zero-order valence-electron chi connectivity index (χ0n) is 15.5. The molecule has 1 aliphatic heterocycles. The van der Waals surface area contributed by atoms with Crippen molar-refractivity contribution in [2.45, 2.75) is 26.1 Å². The molecule has 2 heterocycles. The maximum Gasteiger partial charge on any atom is 0.309 e. The number of carbonyl (C=O) groups is 1. The Balaban J connectivity index is 1.52. The van der Waals surface area contributed by atoms with Crippen LogP contribution in [0.2, 0.25) is 0 Å². The monoisotopic (exact) mass is 394 g/mol. The number of ether oxygens (including phenoxy) is 3. The average Bonchev–Trinajstić information content (AvgIpc) is 3.06. The molecule has 0 atom stereocenters. The number of aromatic nitrogens is 2. The highest BCUT2D eigenvalue weighted by Gasteiger charge is 2.28. The van der Waals surface area contributed by atoms with Gasteiger partial charge in [-0.3, -0.25) is 4.79 Å². The van der Waals surface area contributed by atoms with Crippen LogP contribution in [0.1, 0.15) is 18.7 Å².